The molecule has 9 heteroatoms. The second-order valence-corrected chi connectivity index (χ2v) is 8.67. The molecule has 1 aromatic rings. The first-order valence-corrected chi connectivity index (χ1v) is 11.0. The lowest BCUT2D eigenvalue weighted by Gasteiger charge is -2.44. The van der Waals surface area contributed by atoms with Gasteiger partial charge in [0.05, 0.1) is 44.4 Å². The fourth-order valence-corrected chi connectivity index (χ4v) is 4.16. The summed E-state index contributed by atoms with van der Waals surface area (Å²) >= 11 is 0. The molecule has 1 aliphatic carbocycles. The number of carbonyl (C=O) groups is 2. The summed E-state index contributed by atoms with van der Waals surface area (Å²) in [5.74, 6) is 0.229. The molecular weight excluding hydrogens is 405 g/mol. The molecule has 3 fully saturated rings. The SMILES string of the molecule is O=C(C[C@@H]1CC[C@H]2[C@@H](COC[C@@H](O)CN2C(=O)Nc2ccc(F)cc2)O1)NCC1CC1. The van der Waals surface area contributed by atoms with E-state index in [1.165, 1.54) is 37.1 Å². The van der Waals surface area contributed by atoms with E-state index in [-0.39, 0.29) is 55.8 Å². The van der Waals surface area contributed by atoms with Crippen LogP contribution in [0.1, 0.15) is 32.1 Å². The first kappa shape index (κ1) is 22.0. The normalized spacial score (nSPS) is 28.8. The van der Waals surface area contributed by atoms with Gasteiger partial charge < -0.3 is 30.1 Å². The third-order valence-electron chi connectivity index (χ3n) is 6.04. The van der Waals surface area contributed by atoms with E-state index >= 15 is 0 Å². The molecular formula is C22H30FN3O5. The van der Waals surface area contributed by atoms with E-state index in [9.17, 15) is 19.1 Å². The number of carbonyl (C=O) groups excluding carboxylic acids is 2. The summed E-state index contributed by atoms with van der Waals surface area (Å²) in [5, 5.41) is 15.9. The number of halogens is 1. The maximum Gasteiger partial charge on any atom is 0.322 e. The largest absolute Gasteiger partial charge is 0.389 e. The van der Waals surface area contributed by atoms with Crippen molar-refractivity contribution in [3.05, 3.63) is 30.1 Å². The second-order valence-electron chi connectivity index (χ2n) is 8.67. The standard InChI is InChI=1S/C22H30FN3O5/c23-15-3-5-16(6-4-15)25-22(29)26-11-17(27)12-30-13-20-19(26)8-7-18(31-20)9-21(28)24-10-14-1-2-14/h3-6,14,17-20,27H,1-2,7-13H2,(H,24,28)(H,25,29)/t17-,18-,19-,20+/m0/s1. The number of hydrogen-bond acceptors (Lipinski definition) is 5. The van der Waals surface area contributed by atoms with Crippen LogP contribution in [0.3, 0.4) is 0 Å². The first-order valence-electron chi connectivity index (χ1n) is 11.0. The first-order chi connectivity index (χ1) is 15.0. The van der Waals surface area contributed by atoms with Gasteiger partial charge in [0.15, 0.2) is 0 Å². The molecule has 3 N–H and O–H groups in total. The van der Waals surface area contributed by atoms with E-state index < -0.39 is 6.10 Å². The Labute approximate surface area is 181 Å². The van der Waals surface area contributed by atoms with Gasteiger partial charge in [-0.15, -0.1) is 0 Å². The summed E-state index contributed by atoms with van der Waals surface area (Å²) in [6, 6.07) is 4.85. The summed E-state index contributed by atoms with van der Waals surface area (Å²) in [4.78, 5) is 26.8. The predicted octanol–water partition coefficient (Wildman–Crippen LogP) is 1.88. The number of β-amino-alcohol motifs (C(OH)–C–C–N with tert-alkyl or cyclic N) is 1. The van der Waals surface area contributed by atoms with Crippen LogP contribution in [0.25, 0.3) is 0 Å². The molecule has 3 aliphatic rings. The molecule has 0 bridgehead atoms. The summed E-state index contributed by atoms with van der Waals surface area (Å²) in [7, 11) is 0. The van der Waals surface area contributed by atoms with Crippen molar-refractivity contribution < 1.29 is 28.6 Å². The van der Waals surface area contributed by atoms with E-state index in [2.05, 4.69) is 10.6 Å². The molecule has 170 valence electrons. The molecule has 1 aromatic carbocycles. The Morgan fingerprint density at radius 1 is 1.13 bits per heavy atom. The zero-order chi connectivity index (χ0) is 21.8. The fourth-order valence-electron chi connectivity index (χ4n) is 4.16. The zero-order valence-corrected chi connectivity index (χ0v) is 17.5. The third kappa shape index (κ3) is 6.15. The van der Waals surface area contributed by atoms with Crippen molar-refractivity contribution in [2.24, 2.45) is 5.92 Å². The quantitative estimate of drug-likeness (QED) is 0.656. The van der Waals surface area contributed by atoms with Gasteiger partial charge in [-0.05, 0) is 55.9 Å². The Kier molecular flexibility index (Phi) is 7.04. The monoisotopic (exact) mass is 435 g/mol. The average molecular weight is 435 g/mol. The topological polar surface area (TPSA) is 100 Å². The molecule has 4 rings (SSSR count). The van der Waals surface area contributed by atoms with Crippen LogP contribution in [0, 0.1) is 11.7 Å². The van der Waals surface area contributed by atoms with E-state index in [4.69, 9.17) is 9.47 Å². The molecule has 2 aliphatic heterocycles. The van der Waals surface area contributed by atoms with Crippen LogP contribution >= 0.6 is 0 Å². The van der Waals surface area contributed by atoms with Crippen molar-refractivity contribution in [3.8, 4) is 0 Å². The second kappa shape index (κ2) is 9.93. The Balaban J connectivity index is 1.38. The maximum absolute atomic E-state index is 13.2. The van der Waals surface area contributed by atoms with Crippen molar-refractivity contribution >= 4 is 17.6 Å². The van der Waals surface area contributed by atoms with Gasteiger partial charge in [0, 0.05) is 12.2 Å². The average Bonchev–Trinajstić information content (AvgIpc) is 3.56. The van der Waals surface area contributed by atoms with Crippen LogP contribution < -0.4 is 10.6 Å². The van der Waals surface area contributed by atoms with Crippen molar-refractivity contribution in [2.75, 3.05) is 31.6 Å². The number of rotatable bonds is 5. The van der Waals surface area contributed by atoms with Gasteiger partial charge in [0.2, 0.25) is 5.91 Å². The van der Waals surface area contributed by atoms with Gasteiger partial charge in [-0.1, -0.05) is 0 Å². The molecule has 3 amide bonds. The lowest BCUT2D eigenvalue weighted by molar-refractivity contribution is -0.149. The van der Waals surface area contributed by atoms with Crippen LogP contribution in [0.5, 0.6) is 0 Å². The maximum atomic E-state index is 13.2. The molecule has 4 atom stereocenters. The van der Waals surface area contributed by atoms with Gasteiger partial charge in [0.25, 0.3) is 0 Å². The Morgan fingerprint density at radius 3 is 2.65 bits per heavy atom. The Bertz CT molecular complexity index is 773. The number of urea groups is 1. The van der Waals surface area contributed by atoms with Crippen LogP contribution in [0.4, 0.5) is 14.9 Å². The highest BCUT2D eigenvalue weighted by atomic mass is 19.1. The molecule has 0 unspecified atom stereocenters. The smallest absolute Gasteiger partial charge is 0.322 e. The highest BCUT2D eigenvalue weighted by Gasteiger charge is 2.40. The molecule has 0 spiro atoms. The van der Waals surface area contributed by atoms with Crippen molar-refractivity contribution in [2.45, 2.75) is 56.5 Å². The van der Waals surface area contributed by atoms with E-state index in [1.807, 2.05) is 0 Å². The number of aliphatic hydroxyl groups is 1. The van der Waals surface area contributed by atoms with Gasteiger partial charge in [0.1, 0.15) is 11.9 Å². The minimum absolute atomic E-state index is 0.0107. The van der Waals surface area contributed by atoms with Gasteiger partial charge in [-0.25, -0.2) is 9.18 Å². The van der Waals surface area contributed by atoms with Crippen LogP contribution in [0.15, 0.2) is 24.3 Å². The Morgan fingerprint density at radius 2 is 1.90 bits per heavy atom. The number of ether oxygens (including phenoxy) is 2. The molecule has 31 heavy (non-hydrogen) atoms. The van der Waals surface area contributed by atoms with Gasteiger partial charge in [-0.3, -0.25) is 4.79 Å². The molecule has 2 heterocycles. The minimum atomic E-state index is -0.814. The summed E-state index contributed by atoms with van der Waals surface area (Å²) in [5.41, 5.74) is 0.470. The summed E-state index contributed by atoms with van der Waals surface area (Å²) < 4.78 is 24.9. The minimum Gasteiger partial charge on any atom is -0.389 e. The summed E-state index contributed by atoms with van der Waals surface area (Å²) in [6.45, 7) is 1.17. The molecule has 0 aromatic heterocycles. The van der Waals surface area contributed by atoms with Gasteiger partial charge >= 0.3 is 6.03 Å². The van der Waals surface area contributed by atoms with E-state index in [1.54, 1.807) is 4.90 Å². The Hall–Kier alpha value is -2.23. The van der Waals surface area contributed by atoms with E-state index in [0.717, 1.165) is 6.54 Å². The van der Waals surface area contributed by atoms with Crippen LogP contribution in [-0.4, -0.2) is 72.6 Å². The fraction of sp³-hybridized carbons (Fsp3) is 0.636. The van der Waals surface area contributed by atoms with E-state index in [0.29, 0.717) is 30.9 Å². The highest BCUT2D eigenvalue weighted by Crippen LogP contribution is 2.29. The molecule has 2 saturated heterocycles. The highest BCUT2D eigenvalue weighted by molar-refractivity contribution is 5.89. The number of hydrogen-bond donors (Lipinski definition) is 3. The molecule has 1 saturated carbocycles. The van der Waals surface area contributed by atoms with Crippen LogP contribution in [-0.2, 0) is 14.3 Å². The number of amides is 3. The van der Waals surface area contributed by atoms with Crippen molar-refractivity contribution in [3.63, 3.8) is 0 Å². The third-order valence-corrected chi connectivity index (χ3v) is 6.04. The number of benzene rings is 1. The van der Waals surface area contributed by atoms with Crippen molar-refractivity contribution in [1.29, 1.82) is 0 Å². The number of nitrogens with zero attached hydrogens (tertiary/aromatic N) is 1. The summed E-state index contributed by atoms with van der Waals surface area (Å²) in [6.07, 6.45) is 2.50. The lowest BCUT2D eigenvalue weighted by atomic mass is 9.95. The zero-order valence-electron chi connectivity index (χ0n) is 17.5. The van der Waals surface area contributed by atoms with Gasteiger partial charge in [-0.2, -0.15) is 0 Å². The number of aliphatic hydroxyl groups excluding tert-OH is 1. The number of nitrogens with one attached hydrogen (secondary N) is 2. The predicted molar refractivity (Wildman–Crippen MR) is 111 cm³/mol. The van der Waals surface area contributed by atoms with Crippen molar-refractivity contribution in [1.82, 2.24) is 10.2 Å². The number of fused-ring (bicyclic) bond motifs is 1. The lowest BCUT2D eigenvalue weighted by Crippen LogP contribution is -2.58. The molecule has 0 radical (unpaired) electrons. The van der Waals surface area contributed by atoms with Crippen LogP contribution in [0.2, 0.25) is 0 Å². The molecule has 8 nitrogen and oxygen atoms in total. The number of anilines is 1.